The fourth-order valence-corrected chi connectivity index (χ4v) is 6.77. The quantitative estimate of drug-likeness (QED) is 0.569. The highest BCUT2D eigenvalue weighted by atomic mass is 32.2. The maximum atomic E-state index is 13.5. The van der Waals surface area contributed by atoms with Crippen LogP contribution in [0.3, 0.4) is 0 Å². The van der Waals surface area contributed by atoms with Gasteiger partial charge in [0.1, 0.15) is 0 Å². The Bertz CT molecular complexity index is 1140. The van der Waals surface area contributed by atoms with Gasteiger partial charge in [-0.2, -0.15) is 17.5 Å². The second-order valence-corrected chi connectivity index (χ2v) is 11.2. The number of nitrogens with zero attached hydrogens (tertiary/aromatic N) is 2. The van der Waals surface area contributed by atoms with E-state index >= 15 is 0 Å². The first-order valence-electron chi connectivity index (χ1n) is 11.5. The van der Waals surface area contributed by atoms with Crippen molar-refractivity contribution in [2.75, 3.05) is 19.6 Å². The van der Waals surface area contributed by atoms with Crippen LogP contribution in [0.15, 0.2) is 47.4 Å². The fraction of sp³-hybridized carbons (Fsp3) is 0.480. The molecule has 2 aromatic rings. The molecule has 3 rings (SSSR count). The number of rotatable bonds is 8. The van der Waals surface area contributed by atoms with Crippen LogP contribution in [0.2, 0.25) is 0 Å². The number of aryl methyl sites for hydroxylation is 2. The van der Waals surface area contributed by atoms with Crippen molar-refractivity contribution in [2.24, 2.45) is 0 Å². The number of carbonyl (C=O) groups is 1. The number of benzene rings is 2. The van der Waals surface area contributed by atoms with Crippen molar-refractivity contribution in [3.05, 3.63) is 64.7 Å². The average Bonchev–Trinajstić information content (AvgIpc) is 2.72. The number of alkyl halides is 3. The lowest BCUT2D eigenvalue weighted by molar-refractivity contribution is -0.138. The van der Waals surface area contributed by atoms with Crippen molar-refractivity contribution >= 4 is 16.0 Å². The van der Waals surface area contributed by atoms with Gasteiger partial charge in [0.15, 0.2) is 0 Å². The van der Waals surface area contributed by atoms with E-state index in [9.17, 15) is 26.4 Å². The molecule has 0 saturated carbocycles. The number of aliphatic carboxylic acids is 1. The molecule has 0 aromatic heterocycles. The number of carboxylic acid groups (broad SMARTS) is 1. The molecule has 0 aliphatic carbocycles. The van der Waals surface area contributed by atoms with E-state index in [-0.39, 0.29) is 23.4 Å². The second kappa shape index (κ2) is 10.7. The molecular weight excluding hydrogens is 481 g/mol. The molecule has 192 valence electrons. The third kappa shape index (κ3) is 6.83. The molecule has 35 heavy (non-hydrogen) atoms. The van der Waals surface area contributed by atoms with E-state index in [4.69, 9.17) is 5.11 Å². The van der Waals surface area contributed by atoms with Crippen molar-refractivity contribution < 1.29 is 31.5 Å². The van der Waals surface area contributed by atoms with E-state index in [1.807, 2.05) is 13.8 Å². The minimum absolute atomic E-state index is 0.100. The molecule has 0 amide bonds. The van der Waals surface area contributed by atoms with Crippen molar-refractivity contribution in [3.8, 4) is 0 Å². The maximum absolute atomic E-state index is 13.5. The summed E-state index contributed by atoms with van der Waals surface area (Å²) < 4.78 is 66.6. The fourth-order valence-electron chi connectivity index (χ4n) is 4.81. The van der Waals surface area contributed by atoms with Gasteiger partial charge in [-0.25, -0.2) is 8.42 Å². The van der Waals surface area contributed by atoms with Crippen LogP contribution in [0.1, 0.15) is 42.5 Å². The lowest BCUT2D eigenvalue weighted by atomic mass is 10.1. The molecule has 10 heteroatoms. The van der Waals surface area contributed by atoms with Crippen LogP contribution in [-0.2, 0) is 33.8 Å². The van der Waals surface area contributed by atoms with E-state index in [0.717, 1.165) is 24.1 Å². The molecule has 2 atom stereocenters. The molecule has 6 nitrogen and oxygen atoms in total. The first-order chi connectivity index (χ1) is 16.3. The molecule has 0 bridgehead atoms. The highest BCUT2D eigenvalue weighted by molar-refractivity contribution is 7.89. The third-order valence-corrected chi connectivity index (χ3v) is 8.28. The average molecular weight is 513 g/mol. The minimum Gasteiger partial charge on any atom is -0.481 e. The summed E-state index contributed by atoms with van der Waals surface area (Å²) in [5, 5.41) is 9.09. The number of piperazine rings is 1. The zero-order valence-corrected chi connectivity index (χ0v) is 20.9. The Morgan fingerprint density at radius 1 is 1.03 bits per heavy atom. The Balaban J connectivity index is 1.63. The number of halogens is 3. The zero-order valence-electron chi connectivity index (χ0n) is 20.0. The van der Waals surface area contributed by atoms with Crippen LogP contribution < -0.4 is 0 Å². The van der Waals surface area contributed by atoms with Gasteiger partial charge in [-0.05, 0) is 81.1 Å². The van der Waals surface area contributed by atoms with Crippen molar-refractivity contribution in [2.45, 2.75) is 63.2 Å². The molecule has 2 aromatic carbocycles. The van der Waals surface area contributed by atoms with Gasteiger partial charge in [-0.1, -0.05) is 18.2 Å². The molecule has 1 unspecified atom stereocenters. The molecule has 0 radical (unpaired) electrons. The van der Waals surface area contributed by atoms with Gasteiger partial charge in [-0.15, -0.1) is 0 Å². The molecule has 1 aliphatic rings. The van der Waals surface area contributed by atoms with Gasteiger partial charge in [0.05, 0.1) is 16.9 Å². The summed E-state index contributed by atoms with van der Waals surface area (Å²) in [4.78, 5) is 13.4. The van der Waals surface area contributed by atoms with Crippen LogP contribution >= 0.6 is 0 Å². The lowest BCUT2D eigenvalue weighted by Gasteiger charge is -2.43. The Morgan fingerprint density at radius 2 is 1.63 bits per heavy atom. The Morgan fingerprint density at radius 3 is 2.17 bits per heavy atom. The van der Waals surface area contributed by atoms with Crippen LogP contribution in [0.4, 0.5) is 13.2 Å². The summed E-state index contributed by atoms with van der Waals surface area (Å²) in [7, 11) is -3.82. The monoisotopic (exact) mass is 512 g/mol. The van der Waals surface area contributed by atoms with E-state index in [1.54, 1.807) is 19.1 Å². The maximum Gasteiger partial charge on any atom is 0.416 e. The third-order valence-electron chi connectivity index (χ3n) is 6.18. The van der Waals surface area contributed by atoms with Gasteiger partial charge >= 0.3 is 12.1 Å². The Labute approximate surface area is 204 Å². The van der Waals surface area contributed by atoms with Crippen LogP contribution in [0.25, 0.3) is 0 Å². The van der Waals surface area contributed by atoms with Crippen LogP contribution in [0.5, 0.6) is 0 Å². The van der Waals surface area contributed by atoms with E-state index in [0.29, 0.717) is 37.2 Å². The second-order valence-electron chi connectivity index (χ2n) is 9.32. The van der Waals surface area contributed by atoms with Crippen LogP contribution in [-0.4, -0.2) is 60.4 Å². The van der Waals surface area contributed by atoms with Crippen molar-refractivity contribution in [3.63, 3.8) is 0 Å². The number of carboxylic acids is 1. The number of sulfonamides is 1. The normalized spacial score (nSPS) is 20.2. The molecular formula is C25H31F3N2O4S. The van der Waals surface area contributed by atoms with E-state index in [2.05, 4.69) is 4.90 Å². The summed E-state index contributed by atoms with van der Waals surface area (Å²) in [5.41, 5.74) is 1.30. The Hall–Kier alpha value is -2.43. The highest BCUT2D eigenvalue weighted by Gasteiger charge is 2.38. The SMILES string of the molecule is Cc1cc(CC(=O)O)cc(S(=O)(=O)N2C(C)CN(CCCc3ccc(C(F)(F)F)cc3)C[C@@H]2C)c1. The van der Waals surface area contributed by atoms with Crippen LogP contribution in [0, 0.1) is 6.92 Å². The summed E-state index contributed by atoms with van der Waals surface area (Å²) in [5.74, 6) is -1.02. The van der Waals surface area contributed by atoms with E-state index in [1.165, 1.54) is 22.5 Å². The first kappa shape index (κ1) is 27.2. The van der Waals surface area contributed by atoms with Gasteiger partial charge in [0.25, 0.3) is 0 Å². The van der Waals surface area contributed by atoms with Gasteiger partial charge < -0.3 is 10.0 Å². The van der Waals surface area contributed by atoms with Gasteiger partial charge in [0, 0.05) is 25.2 Å². The van der Waals surface area contributed by atoms with Crippen molar-refractivity contribution in [1.29, 1.82) is 0 Å². The number of hydrogen-bond donors (Lipinski definition) is 1. The number of hydrogen-bond acceptors (Lipinski definition) is 4. The standard InChI is InChI=1S/C25H31F3N2O4S/c1-17-11-21(14-24(31)32)13-23(12-17)35(33,34)30-18(2)15-29(16-19(30)3)10-4-5-20-6-8-22(9-7-20)25(26,27)28/h6-9,11-13,18-19H,4-5,10,14-16H2,1-3H3,(H,31,32)/t18-,19?/m0/s1. The topological polar surface area (TPSA) is 77.9 Å². The molecule has 1 aliphatic heterocycles. The molecule has 1 fully saturated rings. The summed E-state index contributed by atoms with van der Waals surface area (Å²) in [6.07, 6.45) is -3.22. The summed E-state index contributed by atoms with van der Waals surface area (Å²) in [6.45, 7) is 7.21. The summed E-state index contributed by atoms with van der Waals surface area (Å²) >= 11 is 0. The summed E-state index contributed by atoms with van der Waals surface area (Å²) in [6, 6.07) is 9.28. The minimum atomic E-state index is -4.35. The lowest BCUT2D eigenvalue weighted by Crippen LogP contribution is -2.58. The molecule has 1 heterocycles. The predicted molar refractivity (Wildman–Crippen MR) is 127 cm³/mol. The van der Waals surface area contributed by atoms with Gasteiger partial charge in [0.2, 0.25) is 10.0 Å². The smallest absolute Gasteiger partial charge is 0.416 e. The van der Waals surface area contributed by atoms with Gasteiger partial charge in [-0.3, -0.25) is 4.79 Å². The Kier molecular flexibility index (Phi) is 8.28. The zero-order chi connectivity index (χ0) is 26.0. The molecule has 0 spiro atoms. The first-order valence-corrected chi connectivity index (χ1v) is 13.0. The highest BCUT2D eigenvalue weighted by Crippen LogP contribution is 2.30. The molecule has 1 saturated heterocycles. The molecule has 1 N–H and O–H groups in total. The predicted octanol–water partition coefficient (Wildman–Crippen LogP) is 4.36. The van der Waals surface area contributed by atoms with E-state index < -0.39 is 27.7 Å². The largest absolute Gasteiger partial charge is 0.481 e. The van der Waals surface area contributed by atoms with Crippen molar-refractivity contribution in [1.82, 2.24) is 9.21 Å².